The first-order chi connectivity index (χ1) is 22.0. The summed E-state index contributed by atoms with van der Waals surface area (Å²) in [6.45, 7) is 1.94. The van der Waals surface area contributed by atoms with Crippen molar-refractivity contribution < 1.29 is 9.53 Å². The lowest BCUT2D eigenvalue weighted by Gasteiger charge is -2.35. The fraction of sp³-hybridized carbons (Fsp3) is 0.222. The molecule has 1 amide bonds. The van der Waals surface area contributed by atoms with E-state index in [1.165, 1.54) is 4.68 Å². The van der Waals surface area contributed by atoms with Gasteiger partial charge in [0.15, 0.2) is 5.69 Å². The summed E-state index contributed by atoms with van der Waals surface area (Å²) in [7, 11) is 4.17. The van der Waals surface area contributed by atoms with Gasteiger partial charge in [0.05, 0.1) is 17.1 Å². The van der Waals surface area contributed by atoms with Gasteiger partial charge in [0.1, 0.15) is 12.4 Å². The molecule has 1 N–H and O–H groups in total. The second-order valence-electron chi connectivity index (χ2n) is 11.3. The third-order valence-corrected chi connectivity index (χ3v) is 8.13. The van der Waals surface area contributed by atoms with Crippen molar-refractivity contribution in [1.29, 1.82) is 0 Å². The number of azo groups is 1. The number of aromatic nitrogens is 2. The van der Waals surface area contributed by atoms with E-state index in [-0.39, 0.29) is 17.2 Å². The Morgan fingerprint density at radius 1 is 0.844 bits per heavy atom. The van der Waals surface area contributed by atoms with E-state index in [0.29, 0.717) is 41.0 Å². The summed E-state index contributed by atoms with van der Waals surface area (Å²) >= 11 is 0. The number of piperidine rings is 1. The van der Waals surface area contributed by atoms with E-state index in [4.69, 9.17) is 4.74 Å². The van der Waals surface area contributed by atoms with Gasteiger partial charge in [-0.2, -0.15) is 5.11 Å². The highest BCUT2D eigenvalue weighted by Crippen LogP contribution is 2.29. The minimum Gasteiger partial charge on any atom is -0.489 e. The molecule has 0 unspecified atom stereocenters. The summed E-state index contributed by atoms with van der Waals surface area (Å²) in [5, 5.41) is 12.0. The van der Waals surface area contributed by atoms with Crippen molar-refractivity contribution >= 4 is 17.3 Å². The van der Waals surface area contributed by atoms with Crippen molar-refractivity contribution in [2.75, 3.05) is 27.2 Å². The molecule has 1 aliphatic rings. The second kappa shape index (κ2) is 13.6. The molecule has 4 aromatic carbocycles. The number of benzene rings is 4. The molecule has 45 heavy (non-hydrogen) atoms. The van der Waals surface area contributed by atoms with Gasteiger partial charge in [-0.15, -0.1) is 5.11 Å². The summed E-state index contributed by atoms with van der Waals surface area (Å²) in [5.41, 5.74) is 4.07. The van der Waals surface area contributed by atoms with E-state index in [2.05, 4.69) is 34.3 Å². The number of hydrogen-bond donors (Lipinski definition) is 1. The van der Waals surface area contributed by atoms with Gasteiger partial charge in [-0.05, 0) is 81.0 Å². The lowest BCUT2D eigenvalue weighted by molar-refractivity contribution is 0.0663. The van der Waals surface area contributed by atoms with Gasteiger partial charge < -0.3 is 14.5 Å². The number of hydrogen-bond acceptors (Lipinski definition) is 6. The monoisotopic (exact) mass is 600 g/mol. The van der Waals surface area contributed by atoms with Gasteiger partial charge >= 0.3 is 0 Å². The minimum atomic E-state index is -0.342. The van der Waals surface area contributed by atoms with E-state index < -0.39 is 0 Å². The van der Waals surface area contributed by atoms with E-state index in [1.807, 2.05) is 77.7 Å². The van der Waals surface area contributed by atoms with E-state index in [1.54, 1.807) is 36.4 Å². The smallest absolute Gasteiger partial charge is 0.299 e. The summed E-state index contributed by atoms with van der Waals surface area (Å²) in [6, 6.07) is 34.4. The van der Waals surface area contributed by atoms with Crippen LogP contribution < -0.4 is 10.3 Å². The maximum atomic E-state index is 13.7. The summed E-state index contributed by atoms with van der Waals surface area (Å²) in [4.78, 5) is 31.0. The van der Waals surface area contributed by atoms with Crippen LogP contribution >= 0.6 is 0 Å². The van der Waals surface area contributed by atoms with Crippen LogP contribution in [0.1, 0.15) is 28.8 Å². The molecular weight excluding hydrogens is 564 g/mol. The zero-order valence-corrected chi connectivity index (χ0v) is 25.5. The molecule has 0 atom stereocenters. The molecule has 5 aromatic rings. The number of ether oxygens (including phenoxy) is 1. The summed E-state index contributed by atoms with van der Waals surface area (Å²) in [6.07, 6.45) is 1.92. The van der Waals surface area contributed by atoms with E-state index >= 15 is 0 Å². The average Bonchev–Trinajstić information content (AvgIpc) is 3.43. The maximum absolute atomic E-state index is 13.7. The topological polar surface area (TPSA) is 95.3 Å². The first kappa shape index (κ1) is 29.8. The van der Waals surface area contributed by atoms with Crippen LogP contribution in [-0.4, -0.2) is 58.7 Å². The molecule has 0 spiro atoms. The average molecular weight is 601 g/mol. The Labute approximate surface area is 262 Å². The second-order valence-corrected chi connectivity index (χ2v) is 11.3. The van der Waals surface area contributed by atoms with Gasteiger partial charge in [-0.25, -0.2) is 4.68 Å². The first-order valence-electron chi connectivity index (χ1n) is 15.1. The molecule has 0 aliphatic carbocycles. The molecule has 1 fully saturated rings. The molecule has 9 heteroatoms. The predicted octanol–water partition coefficient (Wildman–Crippen LogP) is 6.99. The third-order valence-electron chi connectivity index (χ3n) is 8.13. The summed E-state index contributed by atoms with van der Waals surface area (Å²) < 4.78 is 7.31. The Morgan fingerprint density at radius 2 is 1.49 bits per heavy atom. The molecule has 0 saturated carbocycles. The van der Waals surface area contributed by atoms with Crippen LogP contribution in [0.15, 0.2) is 124 Å². The van der Waals surface area contributed by atoms with Gasteiger partial charge in [0.25, 0.3) is 11.5 Å². The molecule has 9 nitrogen and oxygen atoms in total. The van der Waals surface area contributed by atoms with Gasteiger partial charge in [-0.3, -0.25) is 14.7 Å². The minimum absolute atomic E-state index is 0.00790. The Kier molecular flexibility index (Phi) is 8.98. The van der Waals surface area contributed by atoms with E-state index in [9.17, 15) is 9.59 Å². The lowest BCUT2D eigenvalue weighted by atomic mass is 10.0. The van der Waals surface area contributed by atoms with Crippen LogP contribution in [0.3, 0.4) is 0 Å². The maximum Gasteiger partial charge on any atom is 0.299 e. The molecule has 0 radical (unpaired) electrons. The number of aromatic amines is 1. The number of carbonyl (C=O) groups excluding carboxylic acids is 1. The van der Waals surface area contributed by atoms with Gasteiger partial charge in [-0.1, -0.05) is 60.7 Å². The van der Waals surface area contributed by atoms with Crippen LogP contribution in [0.4, 0.5) is 11.4 Å². The largest absolute Gasteiger partial charge is 0.489 e. The number of nitrogens with zero attached hydrogens (tertiary/aromatic N) is 5. The fourth-order valence-corrected chi connectivity index (χ4v) is 5.49. The molecule has 2 heterocycles. The highest BCUT2D eigenvalue weighted by molar-refractivity contribution is 5.94. The van der Waals surface area contributed by atoms with E-state index in [0.717, 1.165) is 37.1 Å². The van der Waals surface area contributed by atoms with Crippen molar-refractivity contribution in [3.05, 3.63) is 131 Å². The zero-order valence-electron chi connectivity index (χ0n) is 25.5. The lowest BCUT2D eigenvalue weighted by Crippen LogP contribution is -2.44. The Hall–Kier alpha value is -5.28. The number of rotatable bonds is 9. The Morgan fingerprint density at radius 3 is 2.13 bits per heavy atom. The number of nitrogens with one attached hydrogen (secondary N) is 1. The van der Waals surface area contributed by atoms with Crippen LogP contribution in [0.5, 0.6) is 5.75 Å². The van der Waals surface area contributed by atoms with Crippen LogP contribution in [0.2, 0.25) is 0 Å². The highest BCUT2D eigenvalue weighted by Gasteiger charge is 2.25. The SMILES string of the molecule is CN(C)C1CCN(C(=O)c2ccc(-n3[nH]c(-c4ccccc4)c(N=Nc4ccc(OCc5ccccc5)cc4)c3=O)cc2)CC1. The van der Waals surface area contributed by atoms with Crippen molar-refractivity contribution in [3.63, 3.8) is 0 Å². The Bertz CT molecular complexity index is 1800. The number of carbonyl (C=O) groups is 1. The predicted molar refractivity (Wildman–Crippen MR) is 176 cm³/mol. The number of H-pyrrole nitrogens is 1. The molecule has 1 aromatic heterocycles. The Balaban J connectivity index is 1.21. The molecule has 228 valence electrons. The molecule has 0 bridgehead atoms. The van der Waals surface area contributed by atoms with Crippen molar-refractivity contribution in [3.8, 4) is 22.7 Å². The van der Waals surface area contributed by atoms with Crippen LogP contribution in [0, 0.1) is 0 Å². The van der Waals surface area contributed by atoms with Crippen LogP contribution in [-0.2, 0) is 6.61 Å². The zero-order chi connectivity index (χ0) is 31.2. The first-order valence-corrected chi connectivity index (χ1v) is 15.1. The molecular formula is C36H36N6O3. The number of likely N-dealkylation sites (tertiary alicyclic amines) is 1. The number of amides is 1. The molecule has 1 aliphatic heterocycles. The highest BCUT2D eigenvalue weighted by atomic mass is 16.5. The van der Waals surface area contributed by atoms with Crippen molar-refractivity contribution in [1.82, 2.24) is 19.6 Å². The van der Waals surface area contributed by atoms with Crippen molar-refractivity contribution in [2.45, 2.75) is 25.5 Å². The summed E-state index contributed by atoms with van der Waals surface area (Å²) in [5.74, 6) is 0.722. The van der Waals surface area contributed by atoms with Gasteiger partial charge in [0.2, 0.25) is 0 Å². The third kappa shape index (κ3) is 6.94. The standard InChI is InChI=1S/C36H36N6O3/c1-40(2)30-21-23-41(24-22-30)35(43)28-13-17-31(18-14-28)42-36(44)34(33(39-42)27-11-7-4-8-12-27)38-37-29-15-19-32(20-16-29)45-25-26-9-5-3-6-10-26/h3-20,30,39H,21-25H2,1-2H3. The quantitative estimate of drug-likeness (QED) is 0.185. The normalized spacial score (nSPS) is 13.9. The molecule has 6 rings (SSSR count). The van der Waals surface area contributed by atoms with Gasteiger partial charge in [0, 0.05) is 30.3 Å². The molecule has 1 saturated heterocycles. The van der Waals surface area contributed by atoms with Crippen LogP contribution in [0.25, 0.3) is 16.9 Å². The van der Waals surface area contributed by atoms with Crippen molar-refractivity contribution in [2.24, 2.45) is 10.2 Å². The fourth-order valence-electron chi connectivity index (χ4n) is 5.49.